The van der Waals surface area contributed by atoms with E-state index in [9.17, 15) is 4.79 Å². The number of benzene rings is 2. The van der Waals surface area contributed by atoms with Crippen LogP contribution in [-0.2, 0) is 9.53 Å². The maximum absolute atomic E-state index is 12.1. The molecule has 0 amide bonds. The number of aliphatic imine (C=N–C) groups is 1. The predicted molar refractivity (Wildman–Crippen MR) is 97.8 cm³/mol. The van der Waals surface area contributed by atoms with E-state index in [0.717, 1.165) is 11.3 Å². The lowest BCUT2D eigenvalue weighted by Gasteiger charge is -2.05. The molecule has 0 fully saturated rings. The van der Waals surface area contributed by atoms with Crippen LogP contribution in [0.25, 0.3) is 6.08 Å². The van der Waals surface area contributed by atoms with Gasteiger partial charge in [0, 0.05) is 11.6 Å². The highest BCUT2D eigenvalue weighted by atomic mass is 16.6. The lowest BCUT2D eigenvalue weighted by atomic mass is 10.1. The van der Waals surface area contributed by atoms with Gasteiger partial charge in [0.15, 0.2) is 5.70 Å². The highest BCUT2D eigenvalue weighted by Crippen LogP contribution is 2.26. The Morgan fingerprint density at radius 3 is 2.23 bits per heavy atom. The van der Waals surface area contributed by atoms with Gasteiger partial charge in [0.25, 0.3) is 0 Å². The van der Waals surface area contributed by atoms with Crippen molar-refractivity contribution in [2.24, 2.45) is 4.99 Å². The number of esters is 1. The standard InChI is InChI=1S/C20H19NO5/c1-4-25-15-7-5-14(6-8-15)19-21-18(20(22)26-19)11-13-9-16(23-2)12-17(10-13)24-3/h5-12H,4H2,1-3H3/b18-11-. The van der Waals surface area contributed by atoms with Crippen molar-refractivity contribution in [3.8, 4) is 17.2 Å². The molecule has 2 aromatic rings. The minimum atomic E-state index is -0.504. The largest absolute Gasteiger partial charge is 0.497 e. The maximum atomic E-state index is 12.1. The number of carbonyl (C=O) groups is 1. The quantitative estimate of drug-likeness (QED) is 0.588. The van der Waals surface area contributed by atoms with E-state index >= 15 is 0 Å². The Bertz CT molecular complexity index is 846. The second kappa shape index (κ2) is 7.74. The number of methoxy groups -OCH3 is 2. The summed E-state index contributed by atoms with van der Waals surface area (Å²) in [6, 6.07) is 12.5. The molecule has 0 radical (unpaired) electrons. The van der Waals surface area contributed by atoms with Crippen LogP contribution in [0.1, 0.15) is 18.1 Å². The van der Waals surface area contributed by atoms with Crippen LogP contribution in [0.3, 0.4) is 0 Å². The van der Waals surface area contributed by atoms with Crippen molar-refractivity contribution in [3.63, 3.8) is 0 Å². The fourth-order valence-corrected chi connectivity index (χ4v) is 2.46. The van der Waals surface area contributed by atoms with E-state index in [2.05, 4.69) is 4.99 Å². The zero-order valence-corrected chi connectivity index (χ0v) is 14.8. The van der Waals surface area contributed by atoms with Crippen molar-refractivity contribution in [2.45, 2.75) is 6.92 Å². The summed E-state index contributed by atoms with van der Waals surface area (Å²) in [6.07, 6.45) is 1.63. The molecule has 0 saturated heterocycles. The summed E-state index contributed by atoms with van der Waals surface area (Å²) in [5.74, 6) is 1.76. The third-order valence-corrected chi connectivity index (χ3v) is 3.71. The molecule has 0 aliphatic carbocycles. The lowest BCUT2D eigenvalue weighted by Crippen LogP contribution is -2.05. The van der Waals surface area contributed by atoms with Crippen molar-refractivity contribution in [1.29, 1.82) is 0 Å². The minimum absolute atomic E-state index is 0.212. The first-order valence-corrected chi connectivity index (χ1v) is 8.12. The van der Waals surface area contributed by atoms with E-state index < -0.39 is 5.97 Å². The number of cyclic esters (lactones) is 1. The molecular weight excluding hydrogens is 334 g/mol. The highest BCUT2D eigenvalue weighted by Gasteiger charge is 2.24. The third-order valence-electron chi connectivity index (χ3n) is 3.71. The summed E-state index contributed by atoms with van der Waals surface area (Å²) < 4.78 is 21.2. The topological polar surface area (TPSA) is 66.3 Å². The van der Waals surface area contributed by atoms with Gasteiger partial charge in [-0.15, -0.1) is 0 Å². The van der Waals surface area contributed by atoms with Crippen LogP contribution in [0.15, 0.2) is 53.2 Å². The van der Waals surface area contributed by atoms with Crippen LogP contribution >= 0.6 is 0 Å². The van der Waals surface area contributed by atoms with E-state index in [4.69, 9.17) is 18.9 Å². The normalized spacial score (nSPS) is 14.8. The minimum Gasteiger partial charge on any atom is -0.497 e. The Morgan fingerprint density at radius 2 is 1.65 bits per heavy atom. The average Bonchev–Trinajstić information content (AvgIpc) is 3.02. The van der Waals surface area contributed by atoms with Crippen LogP contribution in [0, 0.1) is 0 Å². The van der Waals surface area contributed by atoms with Gasteiger partial charge < -0.3 is 18.9 Å². The molecule has 0 atom stereocenters. The first kappa shape index (κ1) is 17.5. The van der Waals surface area contributed by atoms with E-state index in [-0.39, 0.29) is 11.6 Å². The molecule has 1 heterocycles. The van der Waals surface area contributed by atoms with Crippen molar-refractivity contribution in [3.05, 3.63) is 59.3 Å². The number of nitrogens with zero attached hydrogens (tertiary/aromatic N) is 1. The lowest BCUT2D eigenvalue weighted by molar-refractivity contribution is -0.129. The van der Waals surface area contributed by atoms with Crippen molar-refractivity contribution >= 4 is 17.9 Å². The molecule has 0 spiro atoms. The Labute approximate surface area is 151 Å². The number of hydrogen-bond donors (Lipinski definition) is 0. The molecule has 26 heavy (non-hydrogen) atoms. The molecule has 1 aliphatic heterocycles. The summed E-state index contributed by atoms with van der Waals surface area (Å²) in [6.45, 7) is 2.51. The van der Waals surface area contributed by atoms with Gasteiger partial charge in [-0.2, -0.15) is 0 Å². The maximum Gasteiger partial charge on any atom is 0.363 e. The van der Waals surface area contributed by atoms with Gasteiger partial charge in [0.1, 0.15) is 17.2 Å². The molecule has 0 saturated carbocycles. The summed E-state index contributed by atoms with van der Waals surface area (Å²) in [5, 5.41) is 0. The Hall–Kier alpha value is -3.28. The van der Waals surface area contributed by atoms with E-state index in [1.807, 2.05) is 19.1 Å². The molecular formula is C20H19NO5. The van der Waals surface area contributed by atoms with E-state index in [1.54, 1.807) is 50.6 Å². The molecule has 0 N–H and O–H groups in total. The van der Waals surface area contributed by atoms with E-state index in [0.29, 0.717) is 23.7 Å². The Morgan fingerprint density at radius 1 is 1.00 bits per heavy atom. The summed E-state index contributed by atoms with van der Waals surface area (Å²) in [5.41, 5.74) is 1.64. The molecule has 0 unspecified atom stereocenters. The van der Waals surface area contributed by atoms with Crippen LogP contribution < -0.4 is 14.2 Å². The van der Waals surface area contributed by atoms with Gasteiger partial charge in [-0.25, -0.2) is 9.79 Å². The van der Waals surface area contributed by atoms with Crippen molar-refractivity contribution < 1.29 is 23.7 Å². The predicted octanol–water partition coefficient (Wildman–Crippen LogP) is 3.45. The first-order chi connectivity index (χ1) is 12.6. The second-order valence-electron chi connectivity index (χ2n) is 5.44. The number of carbonyl (C=O) groups excluding carboxylic acids is 1. The molecule has 0 aromatic heterocycles. The van der Waals surface area contributed by atoms with Gasteiger partial charge in [0.2, 0.25) is 5.90 Å². The molecule has 3 rings (SSSR count). The first-order valence-electron chi connectivity index (χ1n) is 8.12. The fourth-order valence-electron chi connectivity index (χ4n) is 2.46. The summed E-state index contributed by atoms with van der Waals surface area (Å²) in [4.78, 5) is 16.5. The molecule has 0 bridgehead atoms. The van der Waals surface area contributed by atoms with Crippen molar-refractivity contribution in [2.75, 3.05) is 20.8 Å². The highest BCUT2D eigenvalue weighted by molar-refractivity contribution is 6.12. The van der Waals surface area contributed by atoms with Crippen LogP contribution in [0.5, 0.6) is 17.2 Å². The number of hydrogen-bond acceptors (Lipinski definition) is 6. The third kappa shape index (κ3) is 3.85. The zero-order valence-electron chi connectivity index (χ0n) is 14.8. The van der Waals surface area contributed by atoms with Crippen molar-refractivity contribution in [1.82, 2.24) is 0 Å². The van der Waals surface area contributed by atoms with Crippen LogP contribution in [-0.4, -0.2) is 32.7 Å². The zero-order chi connectivity index (χ0) is 18.5. The van der Waals surface area contributed by atoms with Gasteiger partial charge in [-0.3, -0.25) is 0 Å². The smallest absolute Gasteiger partial charge is 0.363 e. The average molecular weight is 353 g/mol. The second-order valence-corrected chi connectivity index (χ2v) is 5.44. The molecule has 6 nitrogen and oxygen atoms in total. The fraction of sp³-hybridized carbons (Fsp3) is 0.200. The van der Waals surface area contributed by atoms with Crippen LogP contribution in [0.4, 0.5) is 0 Å². The number of rotatable bonds is 6. The summed E-state index contributed by atoms with van der Waals surface area (Å²) >= 11 is 0. The molecule has 134 valence electrons. The Balaban J connectivity index is 1.89. The van der Waals surface area contributed by atoms with Gasteiger partial charge >= 0.3 is 5.97 Å². The van der Waals surface area contributed by atoms with Gasteiger partial charge in [-0.1, -0.05) is 0 Å². The molecule has 6 heteroatoms. The van der Waals surface area contributed by atoms with E-state index in [1.165, 1.54) is 0 Å². The summed E-state index contributed by atoms with van der Waals surface area (Å²) in [7, 11) is 3.13. The van der Waals surface area contributed by atoms with Gasteiger partial charge in [0.05, 0.1) is 20.8 Å². The Kier molecular flexibility index (Phi) is 5.22. The SMILES string of the molecule is CCOc1ccc(C2=N/C(=C\c3cc(OC)cc(OC)c3)C(=O)O2)cc1. The number of ether oxygens (including phenoxy) is 4. The van der Waals surface area contributed by atoms with Gasteiger partial charge in [-0.05, 0) is 55.0 Å². The molecule has 2 aromatic carbocycles. The monoisotopic (exact) mass is 353 g/mol. The van der Waals surface area contributed by atoms with Crippen LogP contribution in [0.2, 0.25) is 0 Å². The molecule has 1 aliphatic rings.